The van der Waals surface area contributed by atoms with Crippen LogP contribution in [0.5, 0.6) is 0 Å². The molecule has 2 heterocycles. The van der Waals surface area contributed by atoms with Gasteiger partial charge in [0.05, 0.1) is 0 Å². The first-order chi connectivity index (χ1) is 7.56. The van der Waals surface area contributed by atoms with Crippen LogP contribution in [-0.4, -0.2) is 14.6 Å². The smallest absolute Gasteiger partial charge is 0.245 e. The van der Waals surface area contributed by atoms with Crippen molar-refractivity contribution in [1.29, 1.82) is 0 Å². The molecule has 2 aromatic heterocycles. The van der Waals surface area contributed by atoms with E-state index >= 15 is 0 Å². The van der Waals surface area contributed by atoms with Crippen LogP contribution in [-0.2, 0) is 0 Å². The van der Waals surface area contributed by atoms with Crippen LogP contribution in [0.4, 0.5) is 11.8 Å². The van der Waals surface area contributed by atoms with Gasteiger partial charge < -0.3 is 5.73 Å². The number of nitrogens with two attached hydrogens (primary N) is 1. The molecular weight excluding hydrogens is 270 g/mol. The van der Waals surface area contributed by atoms with Gasteiger partial charge in [-0.3, -0.25) is 10.1 Å². The second kappa shape index (κ2) is 4.13. The number of halogens is 1. The average Bonchev–Trinajstić information content (AvgIpc) is 2.48. The predicted octanol–water partition coefficient (Wildman–Crippen LogP) is 2.11. The summed E-state index contributed by atoms with van der Waals surface area (Å²) in [6.07, 6.45) is 0. The Labute approximate surface area is 102 Å². The molecule has 0 atom stereocenters. The normalized spacial score (nSPS) is 10.4. The quantitative estimate of drug-likeness (QED) is 0.828. The van der Waals surface area contributed by atoms with Crippen molar-refractivity contribution in [3.8, 4) is 0 Å². The van der Waals surface area contributed by atoms with Crippen molar-refractivity contribution < 1.29 is 0 Å². The van der Waals surface area contributed by atoms with Gasteiger partial charge in [0.25, 0.3) is 0 Å². The van der Waals surface area contributed by atoms with Crippen LogP contribution in [0.3, 0.4) is 0 Å². The van der Waals surface area contributed by atoms with Crippen molar-refractivity contribution in [2.45, 2.75) is 13.8 Å². The summed E-state index contributed by atoms with van der Waals surface area (Å²) in [7, 11) is 0. The third kappa shape index (κ3) is 2.16. The second-order valence-electron chi connectivity index (χ2n) is 3.50. The summed E-state index contributed by atoms with van der Waals surface area (Å²) < 4.78 is 2.56. The molecule has 2 aromatic rings. The number of nitrogen functional groups attached to an aromatic ring is 1. The zero-order valence-corrected chi connectivity index (χ0v) is 10.6. The highest BCUT2D eigenvalue weighted by Gasteiger charge is 2.04. The van der Waals surface area contributed by atoms with E-state index in [-0.39, 0.29) is 0 Å². The standard InChI is InChI=1S/C10H12BrN5/c1-6-3-4-7(2)16(6)15-10-13-8(11)5-9(12)14-10/h3-5H,1-2H3,(H3,12,13,14,15). The Kier molecular flexibility index (Phi) is 2.82. The summed E-state index contributed by atoms with van der Waals surface area (Å²) in [6, 6.07) is 5.69. The summed E-state index contributed by atoms with van der Waals surface area (Å²) in [4.78, 5) is 8.28. The number of hydrogen-bond donors (Lipinski definition) is 2. The third-order valence-corrected chi connectivity index (χ3v) is 2.60. The second-order valence-corrected chi connectivity index (χ2v) is 4.31. The summed E-state index contributed by atoms with van der Waals surface area (Å²) in [5, 5.41) is 0. The van der Waals surface area contributed by atoms with E-state index in [0.29, 0.717) is 16.4 Å². The first-order valence-electron chi connectivity index (χ1n) is 4.78. The van der Waals surface area contributed by atoms with Gasteiger partial charge in [-0.1, -0.05) is 0 Å². The summed E-state index contributed by atoms with van der Waals surface area (Å²) in [6.45, 7) is 4.00. The highest BCUT2D eigenvalue weighted by atomic mass is 79.9. The molecule has 0 saturated carbocycles. The van der Waals surface area contributed by atoms with E-state index in [2.05, 4.69) is 31.3 Å². The lowest BCUT2D eigenvalue weighted by Gasteiger charge is -2.11. The van der Waals surface area contributed by atoms with E-state index < -0.39 is 0 Å². The summed E-state index contributed by atoms with van der Waals surface area (Å²) in [5.74, 6) is 0.890. The number of aromatic nitrogens is 3. The number of nitrogens with zero attached hydrogens (tertiary/aromatic N) is 3. The maximum absolute atomic E-state index is 5.63. The van der Waals surface area contributed by atoms with Crippen molar-refractivity contribution in [3.63, 3.8) is 0 Å². The third-order valence-electron chi connectivity index (χ3n) is 2.20. The molecule has 0 fully saturated rings. The first-order valence-corrected chi connectivity index (χ1v) is 5.57. The number of hydrogen-bond acceptors (Lipinski definition) is 4. The van der Waals surface area contributed by atoms with E-state index in [0.717, 1.165) is 11.4 Å². The fourth-order valence-corrected chi connectivity index (χ4v) is 1.83. The molecule has 0 aliphatic heterocycles. The highest BCUT2D eigenvalue weighted by molar-refractivity contribution is 9.10. The lowest BCUT2D eigenvalue weighted by atomic mass is 10.5. The van der Waals surface area contributed by atoms with Gasteiger partial charge in [-0.15, -0.1) is 0 Å². The molecule has 84 valence electrons. The van der Waals surface area contributed by atoms with Crippen LogP contribution in [0, 0.1) is 13.8 Å². The molecule has 0 unspecified atom stereocenters. The molecule has 3 N–H and O–H groups in total. The maximum Gasteiger partial charge on any atom is 0.245 e. The summed E-state index contributed by atoms with van der Waals surface area (Å²) in [5.41, 5.74) is 10.9. The number of nitrogens with one attached hydrogen (secondary N) is 1. The molecule has 0 saturated heterocycles. The first kappa shape index (κ1) is 10.9. The van der Waals surface area contributed by atoms with Gasteiger partial charge in [-0.25, -0.2) is 4.98 Å². The Morgan fingerprint density at radius 1 is 1.25 bits per heavy atom. The molecule has 0 aliphatic carbocycles. The topological polar surface area (TPSA) is 68.8 Å². The van der Waals surface area contributed by atoms with Gasteiger partial charge in [-0.05, 0) is 41.9 Å². The molecule has 0 aromatic carbocycles. The minimum Gasteiger partial charge on any atom is -0.383 e. The monoisotopic (exact) mass is 281 g/mol. The fraction of sp³-hybridized carbons (Fsp3) is 0.200. The van der Waals surface area contributed by atoms with E-state index in [4.69, 9.17) is 5.73 Å². The van der Waals surface area contributed by atoms with Crippen molar-refractivity contribution in [1.82, 2.24) is 14.6 Å². The van der Waals surface area contributed by atoms with Crippen LogP contribution >= 0.6 is 15.9 Å². The maximum atomic E-state index is 5.63. The van der Waals surface area contributed by atoms with Crippen LogP contribution < -0.4 is 11.2 Å². The molecular formula is C10H12BrN5. The van der Waals surface area contributed by atoms with Crippen molar-refractivity contribution in [2.24, 2.45) is 0 Å². The molecule has 6 heteroatoms. The Morgan fingerprint density at radius 3 is 2.44 bits per heavy atom. The lowest BCUT2D eigenvalue weighted by molar-refractivity contribution is 0.855. The minimum atomic E-state index is 0.423. The molecule has 0 aliphatic rings. The predicted molar refractivity (Wildman–Crippen MR) is 67.1 cm³/mol. The van der Waals surface area contributed by atoms with Crippen LogP contribution in [0.25, 0.3) is 0 Å². The average molecular weight is 282 g/mol. The molecule has 0 amide bonds. The molecule has 0 bridgehead atoms. The van der Waals surface area contributed by atoms with Gasteiger partial charge in [0, 0.05) is 17.5 Å². The van der Waals surface area contributed by atoms with Gasteiger partial charge >= 0.3 is 0 Å². The number of anilines is 2. The molecule has 2 rings (SSSR count). The van der Waals surface area contributed by atoms with Gasteiger partial charge in [0.2, 0.25) is 5.95 Å². The van der Waals surface area contributed by atoms with E-state index in [1.165, 1.54) is 0 Å². The number of aryl methyl sites for hydroxylation is 2. The van der Waals surface area contributed by atoms with Crippen LogP contribution in [0.1, 0.15) is 11.4 Å². The highest BCUT2D eigenvalue weighted by Crippen LogP contribution is 2.14. The molecule has 16 heavy (non-hydrogen) atoms. The SMILES string of the molecule is Cc1ccc(C)n1Nc1nc(N)cc(Br)n1. The summed E-state index contributed by atoms with van der Waals surface area (Å²) >= 11 is 3.27. The lowest BCUT2D eigenvalue weighted by Crippen LogP contribution is -2.15. The minimum absolute atomic E-state index is 0.423. The van der Waals surface area contributed by atoms with Gasteiger partial charge in [0.15, 0.2) is 0 Å². The zero-order chi connectivity index (χ0) is 11.7. The van der Waals surface area contributed by atoms with Crippen molar-refractivity contribution in [2.75, 3.05) is 11.2 Å². The van der Waals surface area contributed by atoms with Crippen LogP contribution in [0.2, 0.25) is 0 Å². The van der Waals surface area contributed by atoms with E-state index in [9.17, 15) is 0 Å². The fourth-order valence-electron chi connectivity index (χ4n) is 1.43. The Morgan fingerprint density at radius 2 is 1.88 bits per heavy atom. The van der Waals surface area contributed by atoms with E-state index in [1.807, 2.05) is 30.7 Å². The Bertz CT molecular complexity index is 480. The Balaban J connectivity index is 2.34. The molecule has 0 spiro atoms. The number of rotatable bonds is 2. The molecule has 5 nitrogen and oxygen atoms in total. The van der Waals surface area contributed by atoms with E-state index in [1.54, 1.807) is 6.07 Å². The zero-order valence-electron chi connectivity index (χ0n) is 9.03. The van der Waals surface area contributed by atoms with Gasteiger partial charge in [0.1, 0.15) is 10.4 Å². The van der Waals surface area contributed by atoms with Gasteiger partial charge in [-0.2, -0.15) is 4.98 Å². The largest absolute Gasteiger partial charge is 0.383 e. The van der Waals surface area contributed by atoms with Crippen molar-refractivity contribution in [3.05, 3.63) is 34.2 Å². The molecule has 0 radical (unpaired) electrons. The Hall–Kier alpha value is -1.56. The van der Waals surface area contributed by atoms with Crippen molar-refractivity contribution >= 4 is 27.7 Å². The van der Waals surface area contributed by atoms with Crippen LogP contribution in [0.15, 0.2) is 22.8 Å².